The molecule has 2 rings (SSSR count). The molecule has 17 heavy (non-hydrogen) atoms. The van der Waals surface area contributed by atoms with Gasteiger partial charge in [0.2, 0.25) is 0 Å². The van der Waals surface area contributed by atoms with E-state index in [1.54, 1.807) is 0 Å². The molecule has 0 aliphatic carbocycles. The molecular formula is C14H22N2O. The molecule has 1 aliphatic heterocycles. The van der Waals surface area contributed by atoms with Gasteiger partial charge in [-0.25, -0.2) is 0 Å². The zero-order valence-electron chi connectivity index (χ0n) is 10.6. The molecule has 1 aromatic rings. The van der Waals surface area contributed by atoms with Crippen molar-refractivity contribution in [2.24, 2.45) is 11.7 Å². The second-order valence-corrected chi connectivity index (χ2v) is 4.86. The van der Waals surface area contributed by atoms with Crippen LogP contribution in [0.15, 0.2) is 24.3 Å². The van der Waals surface area contributed by atoms with E-state index >= 15 is 0 Å². The first-order valence-corrected chi connectivity index (χ1v) is 6.42. The van der Waals surface area contributed by atoms with E-state index < -0.39 is 0 Å². The molecule has 1 heterocycles. The Morgan fingerprint density at radius 2 is 2.24 bits per heavy atom. The molecule has 1 aliphatic rings. The summed E-state index contributed by atoms with van der Waals surface area (Å²) in [4.78, 5) is 2.46. The Balaban J connectivity index is 1.94. The fourth-order valence-electron chi connectivity index (χ4n) is 2.09. The Labute approximate surface area is 104 Å². The van der Waals surface area contributed by atoms with Gasteiger partial charge in [0.15, 0.2) is 0 Å². The summed E-state index contributed by atoms with van der Waals surface area (Å²) in [6.45, 7) is 6.88. The molecule has 2 N–H and O–H groups in total. The van der Waals surface area contributed by atoms with Crippen LogP contribution in [0.4, 0.5) is 0 Å². The third-order valence-corrected chi connectivity index (χ3v) is 3.37. The van der Waals surface area contributed by atoms with Crippen LogP contribution in [0.3, 0.4) is 0 Å². The van der Waals surface area contributed by atoms with Gasteiger partial charge in [-0.15, -0.1) is 0 Å². The van der Waals surface area contributed by atoms with Crippen molar-refractivity contribution in [1.82, 2.24) is 4.90 Å². The fourth-order valence-corrected chi connectivity index (χ4v) is 2.09. The lowest BCUT2D eigenvalue weighted by Gasteiger charge is -2.20. The van der Waals surface area contributed by atoms with Gasteiger partial charge in [0.1, 0.15) is 12.4 Å². The molecule has 3 nitrogen and oxygen atoms in total. The largest absolute Gasteiger partial charge is 0.492 e. The molecule has 0 amide bonds. The normalized spacial score (nSPS) is 18.0. The first-order valence-electron chi connectivity index (χ1n) is 6.42. The van der Waals surface area contributed by atoms with Crippen molar-refractivity contribution in [2.45, 2.75) is 19.9 Å². The van der Waals surface area contributed by atoms with E-state index in [4.69, 9.17) is 10.5 Å². The van der Waals surface area contributed by atoms with Crippen LogP contribution < -0.4 is 10.5 Å². The SMILES string of the molecule is CC(CN)CCN1CCOc2ccccc2C1. The number of ether oxygens (including phenoxy) is 1. The van der Waals surface area contributed by atoms with E-state index in [0.29, 0.717) is 5.92 Å². The molecule has 94 valence electrons. The molecule has 0 bridgehead atoms. The van der Waals surface area contributed by atoms with Gasteiger partial charge < -0.3 is 10.5 Å². The van der Waals surface area contributed by atoms with E-state index in [-0.39, 0.29) is 0 Å². The minimum absolute atomic E-state index is 0.606. The highest BCUT2D eigenvalue weighted by Gasteiger charge is 2.14. The van der Waals surface area contributed by atoms with Crippen LogP contribution in [0.25, 0.3) is 0 Å². The molecule has 0 saturated carbocycles. The van der Waals surface area contributed by atoms with E-state index in [1.165, 1.54) is 12.0 Å². The minimum Gasteiger partial charge on any atom is -0.492 e. The monoisotopic (exact) mass is 234 g/mol. The second kappa shape index (κ2) is 6.03. The lowest BCUT2D eigenvalue weighted by molar-refractivity contribution is 0.215. The van der Waals surface area contributed by atoms with Crippen LogP contribution in [0, 0.1) is 5.92 Å². The Hall–Kier alpha value is -1.06. The van der Waals surface area contributed by atoms with E-state index in [2.05, 4.69) is 30.0 Å². The van der Waals surface area contributed by atoms with Crippen LogP contribution in [-0.2, 0) is 6.54 Å². The summed E-state index contributed by atoms with van der Waals surface area (Å²) in [5.41, 5.74) is 6.95. The van der Waals surface area contributed by atoms with Crippen LogP contribution in [0.5, 0.6) is 5.75 Å². The Morgan fingerprint density at radius 3 is 3.06 bits per heavy atom. The zero-order valence-corrected chi connectivity index (χ0v) is 10.6. The van der Waals surface area contributed by atoms with Crippen molar-refractivity contribution < 1.29 is 4.74 Å². The highest BCUT2D eigenvalue weighted by molar-refractivity contribution is 5.33. The number of hydrogen-bond acceptors (Lipinski definition) is 3. The Morgan fingerprint density at radius 1 is 1.41 bits per heavy atom. The van der Waals surface area contributed by atoms with Crippen LogP contribution in [0.2, 0.25) is 0 Å². The molecular weight excluding hydrogens is 212 g/mol. The second-order valence-electron chi connectivity index (χ2n) is 4.86. The third-order valence-electron chi connectivity index (χ3n) is 3.37. The average Bonchev–Trinajstić information content (AvgIpc) is 2.57. The Kier molecular flexibility index (Phi) is 4.40. The van der Waals surface area contributed by atoms with Gasteiger partial charge in [0.05, 0.1) is 0 Å². The van der Waals surface area contributed by atoms with Gasteiger partial charge in [-0.05, 0) is 31.5 Å². The van der Waals surface area contributed by atoms with Crippen LogP contribution in [0.1, 0.15) is 18.9 Å². The number of para-hydroxylation sites is 1. The van der Waals surface area contributed by atoms with Crippen molar-refractivity contribution in [2.75, 3.05) is 26.2 Å². The number of fused-ring (bicyclic) bond motifs is 1. The summed E-state index contributed by atoms with van der Waals surface area (Å²) in [5.74, 6) is 1.65. The van der Waals surface area contributed by atoms with E-state index in [0.717, 1.165) is 38.5 Å². The molecule has 0 spiro atoms. The predicted molar refractivity (Wildman–Crippen MR) is 70.0 cm³/mol. The van der Waals surface area contributed by atoms with Crippen LogP contribution in [-0.4, -0.2) is 31.1 Å². The molecule has 0 fully saturated rings. The Bertz CT molecular complexity index is 354. The molecule has 1 atom stereocenters. The number of benzene rings is 1. The molecule has 0 saturated heterocycles. The number of rotatable bonds is 4. The summed E-state index contributed by atoms with van der Waals surface area (Å²) < 4.78 is 5.75. The predicted octanol–water partition coefficient (Wildman–Crippen LogP) is 1.87. The maximum atomic E-state index is 5.75. The van der Waals surface area contributed by atoms with Crippen molar-refractivity contribution in [3.05, 3.63) is 29.8 Å². The van der Waals surface area contributed by atoms with E-state index in [1.807, 2.05) is 6.07 Å². The van der Waals surface area contributed by atoms with Gasteiger partial charge in [-0.1, -0.05) is 25.1 Å². The number of nitrogens with two attached hydrogens (primary N) is 1. The minimum atomic E-state index is 0.606. The van der Waals surface area contributed by atoms with Crippen molar-refractivity contribution >= 4 is 0 Å². The van der Waals surface area contributed by atoms with Crippen molar-refractivity contribution in [1.29, 1.82) is 0 Å². The third kappa shape index (κ3) is 3.45. The summed E-state index contributed by atoms with van der Waals surface area (Å²) in [6.07, 6.45) is 1.17. The van der Waals surface area contributed by atoms with Crippen molar-refractivity contribution in [3.8, 4) is 5.75 Å². The number of hydrogen-bond donors (Lipinski definition) is 1. The first-order chi connectivity index (χ1) is 8.29. The fraction of sp³-hybridized carbons (Fsp3) is 0.571. The van der Waals surface area contributed by atoms with Gasteiger partial charge in [0, 0.05) is 18.7 Å². The maximum absolute atomic E-state index is 5.75. The average molecular weight is 234 g/mol. The van der Waals surface area contributed by atoms with Crippen molar-refractivity contribution in [3.63, 3.8) is 0 Å². The highest BCUT2D eigenvalue weighted by Crippen LogP contribution is 2.22. The maximum Gasteiger partial charge on any atom is 0.123 e. The van der Waals surface area contributed by atoms with Gasteiger partial charge >= 0.3 is 0 Å². The quantitative estimate of drug-likeness (QED) is 0.864. The number of nitrogens with zero attached hydrogens (tertiary/aromatic N) is 1. The molecule has 1 unspecified atom stereocenters. The topological polar surface area (TPSA) is 38.5 Å². The summed E-state index contributed by atoms with van der Waals surface area (Å²) in [6, 6.07) is 8.32. The van der Waals surface area contributed by atoms with Crippen LogP contribution >= 0.6 is 0 Å². The van der Waals surface area contributed by atoms with Gasteiger partial charge in [-0.2, -0.15) is 0 Å². The molecule has 0 aromatic heterocycles. The van der Waals surface area contributed by atoms with Gasteiger partial charge in [-0.3, -0.25) is 4.90 Å². The molecule has 0 radical (unpaired) electrons. The lowest BCUT2D eigenvalue weighted by atomic mass is 10.1. The summed E-state index contributed by atoms with van der Waals surface area (Å²) in [5, 5.41) is 0. The zero-order chi connectivity index (χ0) is 12.1. The lowest BCUT2D eigenvalue weighted by Crippen LogP contribution is -2.28. The highest BCUT2D eigenvalue weighted by atomic mass is 16.5. The smallest absolute Gasteiger partial charge is 0.123 e. The summed E-state index contributed by atoms with van der Waals surface area (Å²) >= 11 is 0. The first kappa shape index (κ1) is 12.4. The van der Waals surface area contributed by atoms with E-state index in [9.17, 15) is 0 Å². The summed E-state index contributed by atoms with van der Waals surface area (Å²) in [7, 11) is 0. The van der Waals surface area contributed by atoms with Gasteiger partial charge in [0.25, 0.3) is 0 Å². The standard InChI is InChI=1S/C14H22N2O/c1-12(10-15)6-7-16-8-9-17-14-5-3-2-4-13(14)11-16/h2-5,12H,6-11,15H2,1H3. The molecule has 3 heteroatoms. The molecule has 1 aromatic carbocycles.